The Balaban J connectivity index is 4.57. The minimum absolute atomic E-state index is 0.180. The van der Waals surface area contributed by atoms with E-state index in [9.17, 15) is 0 Å². The van der Waals surface area contributed by atoms with E-state index in [1.807, 2.05) is 0 Å². The lowest BCUT2D eigenvalue weighted by molar-refractivity contribution is 0.0812. The van der Waals surface area contributed by atoms with Crippen molar-refractivity contribution in [3.8, 4) is 0 Å². The van der Waals surface area contributed by atoms with E-state index in [0.717, 1.165) is 25.9 Å². The van der Waals surface area contributed by atoms with Crippen LogP contribution in [0.2, 0.25) is 0 Å². The number of hydrogen-bond donors (Lipinski definition) is 1. The maximum Gasteiger partial charge on any atom is 0.0329 e. The van der Waals surface area contributed by atoms with Crippen LogP contribution in [0, 0.1) is 0 Å². The average molecular weight is 200 g/mol. The Morgan fingerprint density at radius 3 is 1.93 bits per heavy atom. The van der Waals surface area contributed by atoms with Gasteiger partial charge >= 0.3 is 0 Å². The normalized spacial score (nSPS) is 18.2. The van der Waals surface area contributed by atoms with Gasteiger partial charge in [-0.05, 0) is 32.9 Å². The molecule has 0 bridgehead atoms. The molecule has 2 heteroatoms. The van der Waals surface area contributed by atoms with Crippen molar-refractivity contribution in [2.45, 2.75) is 65.5 Å². The summed E-state index contributed by atoms with van der Waals surface area (Å²) in [6.07, 6.45) is 3.44. The van der Waals surface area contributed by atoms with Crippen molar-refractivity contribution in [2.24, 2.45) is 5.73 Å². The Hall–Kier alpha value is -0.0800. The molecular formula is C12H28N2. The van der Waals surface area contributed by atoms with E-state index in [1.54, 1.807) is 0 Å². The van der Waals surface area contributed by atoms with Gasteiger partial charge in [-0.2, -0.15) is 0 Å². The first-order valence-electron chi connectivity index (χ1n) is 6.07. The lowest BCUT2D eigenvalue weighted by Gasteiger charge is -2.44. The first-order chi connectivity index (χ1) is 6.56. The number of rotatable bonds is 7. The number of nitrogens with two attached hydrogens (primary N) is 1. The molecule has 0 aromatic carbocycles. The molecular weight excluding hydrogens is 172 g/mol. The highest BCUT2D eigenvalue weighted by Crippen LogP contribution is 2.24. The van der Waals surface area contributed by atoms with Crippen molar-refractivity contribution in [1.82, 2.24) is 4.90 Å². The van der Waals surface area contributed by atoms with Crippen LogP contribution in [0.1, 0.15) is 53.9 Å². The Kier molecular flexibility index (Phi) is 6.38. The minimum atomic E-state index is 0.180. The second kappa shape index (κ2) is 6.41. The van der Waals surface area contributed by atoms with Crippen molar-refractivity contribution in [3.63, 3.8) is 0 Å². The zero-order valence-corrected chi connectivity index (χ0v) is 10.6. The fraction of sp³-hybridized carbons (Fsp3) is 1.00. The monoisotopic (exact) mass is 200 g/mol. The molecule has 0 heterocycles. The zero-order valence-electron chi connectivity index (χ0n) is 10.6. The molecule has 0 amide bonds. The van der Waals surface area contributed by atoms with E-state index in [4.69, 9.17) is 5.73 Å². The largest absolute Gasteiger partial charge is 0.326 e. The van der Waals surface area contributed by atoms with Gasteiger partial charge in [-0.15, -0.1) is 0 Å². The van der Waals surface area contributed by atoms with E-state index in [0.29, 0.717) is 6.04 Å². The highest BCUT2D eigenvalue weighted by atomic mass is 15.2. The SMILES string of the molecule is CCCC(N)C(C)(CC)N(CC)CC. The highest BCUT2D eigenvalue weighted by Gasteiger charge is 2.33. The van der Waals surface area contributed by atoms with Gasteiger partial charge in [-0.3, -0.25) is 4.90 Å². The topological polar surface area (TPSA) is 29.3 Å². The van der Waals surface area contributed by atoms with Crippen LogP contribution in [-0.4, -0.2) is 29.6 Å². The maximum atomic E-state index is 6.28. The van der Waals surface area contributed by atoms with Crippen molar-refractivity contribution in [1.29, 1.82) is 0 Å². The van der Waals surface area contributed by atoms with Crippen LogP contribution < -0.4 is 5.73 Å². The van der Waals surface area contributed by atoms with Crippen LogP contribution in [0.4, 0.5) is 0 Å². The molecule has 0 saturated heterocycles. The van der Waals surface area contributed by atoms with E-state index in [2.05, 4.69) is 39.5 Å². The molecule has 14 heavy (non-hydrogen) atoms. The molecule has 2 N–H and O–H groups in total. The standard InChI is InChI=1S/C12H28N2/c1-6-10-11(13)12(5,7-2)14(8-3)9-4/h11H,6-10,13H2,1-5H3. The summed E-state index contributed by atoms with van der Waals surface area (Å²) in [4.78, 5) is 2.49. The van der Waals surface area contributed by atoms with Gasteiger partial charge in [0.15, 0.2) is 0 Å². The zero-order chi connectivity index (χ0) is 11.2. The average Bonchev–Trinajstić information content (AvgIpc) is 2.19. The van der Waals surface area contributed by atoms with E-state index in [1.165, 1.54) is 6.42 Å². The molecule has 86 valence electrons. The van der Waals surface area contributed by atoms with Crippen LogP contribution in [0.3, 0.4) is 0 Å². The fourth-order valence-corrected chi connectivity index (χ4v) is 2.29. The molecule has 2 nitrogen and oxygen atoms in total. The van der Waals surface area contributed by atoms with Gasteiger partial charge in [0.1, 0.15) is 0 Å². The predicted octanol–water partition coefficient (Wildman–Crippen LogP) is 2.62. The Morgan fingerprint density at radius 2 is 1.64 bits per heavy atom. The van der Waals surface area contributed by atoms with Gasteiger partial charge < -0.3 is 5.73 Å². The molecule has 0 aromatic rings. The summed E-state index contributed by atoms with van der Waals surface area (Å²) in [7, 11) is 0. The summed E-state index contributed by atoms with van der Waals surface area (Å²) < 4.78 is 0. The van der Waals surface area contributed by atoms with Crippen molar-refractivity contribution in [2.75, 3.05) is 13.1 Å². The molecule has 0 fully saturated rings. The molecule has 0 spiro atoms. The van der Waals surface area contributed by atoms with Crippen LogP contribution in [0.5, 0.6) is 0 Å². The predicted molar refractivity (Wildman–Crippen MR) is 64.5 cm³/mol. The van der Waals surface area contributed by atoms with E-state index in [-0.39, 0.29) is 5.54 Å². The molecule has 0 aliphatic carbocycles. The third-order valence-corrected chi connectivity index (χ3v) is 3.60. The van der Waals surface area contributed by atoms with Gasteiger partial charge in [0.05, 0.1) is 0 Å². The fourth-order valence-electron chi connectivity index (χ4n) is 2.29. The molecule has 0 saturated carbocycles. The Bertz CT molecular complexity index is 143. The molecule has 2 unspecified atom stereocenters. The van der Waals surface area contributed by atoms with Gasteiger partial charge in [0.2, 0.25) is 0 Å². The lowest BCUT2D eigenvalue weighted by atomic mass is 9.85. The third-order valence-electron chi connectivity index (χ3n) is 3.60. The molecule has 0 aromatic heterocycles. The molecule has 2 atom stereocenters. The van der Waals surface area contributed by atoms with Crippen LogP contribution in [0.25, 0.3) is 0 Å². The second-order valence-electron chi connectivity index (χ2n) is 4.28. The van der Waals surface area contributed by atoms with Gasteiger partial charge in [-0.1, -0.05) is 34.1 Å². The summed E-state index contributed by atoms with van der Waals surface area (Å²) in [5.74, 6) is 0. The Morgan fingerprint density at radius 1 is 1.14 bits per heavy atom. The van der Waals surface area contributed by atoms with Crippen molar-refractivity contribution in [3.05, 3.63) is 0 Å². The van der Waals surface area contributed by atoms with Gasteiger partial charge in [-0.25, -0.2) is 0 Å². The summed E-state index contributed by atoms with van der Waals surface area (Å²) in [6.45, 7) is 13.4. The van der Waals surface area contributed by atoms with Gasteiger partial charge in [0, 0.05) is 11.6 Å². The van der Waals surface area contributed by atoms with Crippen LogP contribution in [-0.2, 0) is 0 Å². The highest BCUT2D eigenvalue weighted by molar-refractivity contribution is 4.93. The van der Waals surface area contributed by atoms with Gasteiger partial charge in [0.25, 0.3) is 0 Å². The summed E-state index contributed by atoms with van der Waals surface area (Å²) in [5, 5.41) is 0. The number of nitrogens with zero attached hydrogens (tertiary/aromatic N) is 1. The number of likely N-dealkylation sites (N-methyl/N-ethyl adjacent to an activating group) is 1. The smallest absolute Gasteiger partial charge is 0.0329 e. The molecule has 0 rings (SSSR count). The number of hydrogen-bond acceptors (Lipinski definition) is 2. The summed E-state index contributed by atoms with van der Waals surface area (Å²) in [6, 6.07) is 0.303. The summed E-state index contributed by atoms with van der Waals surface area (Å²) >= 11 is 0. The quantitative estimate of drug-likeness (QED) is 0.684. The first-order valence-corrected chi connectivity index (χ1v) is 6.07. The minimum Gasteiger partial charge on any atom is -0.326 e. The van der Waals surface area contributed by atoms with E-state index >= 15 is 0 Å². The molecule has 0 radical (unpaired) electrons. The summed E-state index contributed by atoms with van der Waals surface area (Å²) in [5.41, 5.74) is 6.46. The molecule has 0 aliphatic rings. The first kappa shape index (κ1) is 13.9. The third kappa shape index (κ3) is 2.96. The van der Waals surface area contributed by atoms with Crippen LogP contribution in [0.15, 0.2) is 0 Å². The lowest BCUT2D eigenvalue weighted by Crippen LogP contribution is -2.57. The Labute approximate surface area is 89.9 Å². The van der Waals surface area contributed by atoms with Crippen molar-refractivity contribution < 1.29 is 0 Å². The molecule has 0 aliphatic heterocycles. The second-order valence-corrected chi connectivity index (χ2v) is 4.28. The van der Waals surface area contributed by atoms with Crippen LogP contribution >= 0.6 is 0 Å². The maximum absolute atomic E-state index is 6.28. The van der Waals surface area contributed by atoms with Crippen molar-refractivity contribution >= 4 is 0 Å². The van der Waals surface area contributed by atoms with E-state index < -0.39 is 0 Å².